The molecule has 0 aliphatic carbocycles. The largest absolute Gasteiger partial charge is 0.381 e. The first-order valence-corrected chi connectivity index (χ1v) is 5.59. The third-order valence-corrected chi connectivity index (χ3v) is 2.60. The molecular formula is C13H13N3O2. The summed E-state index contributed by atoms with van der Waals surface area (Å²) in [4.78, 5) is 4.28. The molecule has 0 N–H and O–H groups in total. The minimum atomic E-state index is 0.0522. The lowest BCUT2D eigenvalue weighted by Gasteiger charge is -2.03. The molecule has 5 heteroatoms. The maximum absolute atomic E-state index is 8.71. The molecule has 1 aromatic heterocycles. The molecule has 0 fully saturated rings. The van der Waals surface area contributed by atoms with E-state index in [0.717, 1.165) is 5.56 Å². The van der Waals surface area contributed by atoms with Crippen LogP contribution in [0.1, 0.15) is 18.3 Å². The molecule has 2 rings (SSSR count). The third kappa shape index (κ3) is 2.73. The number of nitriles is 1. The van der Waals surface area contributed by atoms with Gasteiger partial charge in [0.1, 0.15) is 0 Å². The van der Waals surface area contributed by atoms with Gasteiger partial charge in [-0.2, -0.15) is 10.2 Å². The number of methoxy groups -OCH3 is 1. The summed E-state index contributed by atoms with van der Waals surface area (Å²) in [7, 11) is 1.65. The lowest BCUT2D eigenvalue weighted by molar-refractivity contribution is 0.116. The van der Waals surface area contributed by atoms with Crippen LogP contribution < -0.4 is 0 Å². The van der Waals surface area contributed by atoms with Crippen molar-refractivity contribution in [3.8, 4) is 17.5 Å². The van der Waals surface area contributed by atoms with E-state index in [4.69, 9.17) is 14.5 Å². The molecule has 92 valence electrons. The Kier molecular flexibility index (Phi) is 3.70. The topological polar surface area (TPSA) is 71.9 Å². The first-order chi connectivity index (χ1) is 8.72. The molecule has 0 aliphatic heterocycles. The number of rotatable bonds is 4. The Bertz CT molecular complexity index is 554. The molecule has 0 radical (unpaired) electrons. The molecule has 0 amide bonds. The Morgan fingerprint density at radius 1 is 1.39 bits per heavy atom. The van der Waals surface area contributed by atoms with Crippen molar-refractivity contribution in [2.45, 2.75) is 19.4 Å². The van der Waals surface area contributed by atoms with Crippen LogP contribution in [0.15, 0.2) is 28.8 Å². The molecule has 2 aromatic rings. The molecular weight excluding hydrogens is 230 g/mol. The van der Waals surface area contributed by atoms with Crippen molar-refractivity contribution in [2.24, 2.45) is 0 Å². The molecule has 1 aromatic carbocycles. The SMILES string of the molecule is COC(C)Cc1noc(-c2ccc(C#N)cc2)n1. The van der Waals surface area contributed by atoms with Crippen LogP contribution in [0.4, 0.5) is 0 Å². The second-order valence-electron chi connectivity index (χ2n) is 3.96. The van der Waals surface area contributed by atoms with E-state index >= 15 is 0 Å². The van der Waals surface area contributed by atoms with Gasteiger partial charge in [0.25, 0.3) is 5.89 Å². The number of hydrogen-bond acceptors (Lipinski definition) is 5. The second-order valence-corrected chi connectivity index (χ2v) is 3.96. The summed E-state index contributed by atoms with van der Waals surface area (Å²) in [6.45, 7) is 1.94. The Hall–Kier alpha value is -2.19. The third-order valence-electron chi connectivity index (χ3n) is 2.60. The maximum atomic E-state index is 8.71. The van der Waals surface area contributed by atoms with Crippen LogP contribution in [0.5, 0.6) is 0 Å². The molecule has 1 heterocycles. The molecule has 1 unspecified atom stereocenters. The lowest BCUT2D eigenvalue weighted by atomic mass is 10.1. The molecule has 0 saturated heterocycles. The van der Waals surface area contributed by atoms with Crippen molar-refractivity contribution in [1.82, 2.24) is 10.1 Å². The molecule has 0 saturated carbocycles. The Morgan fingerprint density at radius 3 is 2.72 bits per heavy atom. The fraction of sp³-hybridized carbons (Fsp3) is 0.308. The predicted molar refractivity (Wildman–Crippen MR) is 64.6 cm³/mol. The van der Waals surface area contributed by atoms with Gasteiger partial charge in [-0.05, 0) is 31.2 Å². The molecule has 0 aliphatic rings. The van der Waals surface area contributed by atoms with E-state index in [9.17, 15) is 0 Å². The van der Waals surface area contributed by atoms with Crippen molar-refractivity contribution in [2.75, 3.05) is 7.11 Å². The van der Waals surface area contributed by atoms with Crippen LogP contribution in [0.3, 0.4) is 0 Å². The average Bonchev–Trinajstić information content (AvgIpc) is 2.87. The highest BCUT2D eigenvalue weighted by atomic mass is 16.5. The van der Waals surface area contributed by atoms with Gasteiger partial charge in [0, 0.05) is 19.1 Å². The van der Waals surface area contributed by atoms with E-state index in [1.165, 1.54) is 0 Å². The summed E-state index contributed by atoms with van der Waals surface area (Å²) in [6, 6.07) is 9.07. The van der Waals surface area contributed by atoms with Gasteiger partial charge in [0.05, 0.1) is 17.7 Å². The number of benzene rings is 1. The number of nitrogens with zero attached hydrogens (tertiary/aromatic N) is 3. The highest BCUT2D eigenvalue weighted by Crippen LogP contribution is 2.18. The first kappa shape index (κ1) is 12.3. The lowest BCUT2D eigenvalue weighted by Crippen LogP contribution is -2.09. The zero-order valence-corrected chi connectivity index (χ0v) is 10.3. The van der Waals surface area contributed by atoms with Gasteiger partial charge in [-0.3, -0.25) is 0 Å². The maximum Gasteiger partial charge on any atom is 0.257 e. The second kappa shape index (κ2) is 5.43. The quantitative estimate of drug-likeness (QED) is 0.823. The zero-order valence-electron chi connectivity index (χ0n) is 10.3. The van der Waals surface area contributed by atoms with Crippen LogP contribution in [-0.4, -0.2) is 23.4 Å². The van der Waals surface area contributed by atoms with Crippen LogP contribution in [-0.2, 0) is 11.2 Å². The fourth-order valence-corrected chi connectivity index (χ4v) is 1.48. The van der Waals surface area contributed by atoms with Gasteiger partial charge >= 0.3 is 0 Å². The Labute approximate surface area is 105 Å². The monoisotopic (exact) mass is 243 g/mol. The van der Waals surface area contributed by atoms with E-state index in [1.54, 1.807) is 31.4 Å². The number of hydrogen-bond donors (Lipinski definition) is 0. The van der Waals surface area contributed by atoms with Crippen molar-refractivity contribution in [3.63, 3.8) is 0 Å². The highest BCUT2D eigenvalue weighted by Gasteiger charge is 2.11. The van der Waals surface area contributed by atoms with E-state index in [0.29, 0.717) is 23.7 Å². The van der Waals surface area contributed by atoms with Gasteiger partial charge in [-0.15, -0.1) is 0 Å². The van der Waals surface area contributed by atoms with Gasteiger partial charge in [0.15, 0.2) is 5.82 Å². The summed E-state index contributed by atoms with van der Waals surface area (Å²) in [5.74, 6) is 1.07. The van der Waals surface area contributed by atoms with Gasteiger partial charge in [0.2, 0.25) is 0 Å². The summed E-state index contributed by atoms with van der Waals surface area (Å²) >= 11 is 0. The number of aromatic nitrogens is 2. The highest BCUT2D eigenvalue weighted by molar-refractivity contribution is 5.54. The van der Waals surface area contributed by atoms with Crippen LogP contribution in [0.25, 0.3) is 11.5 Å². The van der Waals surface area contributed by atoms with E-state index in [-0.39, 0.29) is 6.10 Å². The predicted octanol–water partition coefficient (Wildman–Crippen LogP) is 2.19. The van der Waals surface area contributed by atoms with E-state index < -0.39 is 0 Å². The molecule has 1 atom stereocenters. The Morgan fingerprint density at radius 2 is 2.11 bits per heavy atom. The standard InChI is InChI=1S/C13H13N3O2/c1-9(17-2)7-12-15-13(18-16-12)11-5-3-10(8-14)4-6-11/h3-6,9H,7H2,1-2H3. The summed E-state index contributed by atoms with van der Waals surface area (Å²) < 4.78 is 10.3. The zero-order chi connectivity index (χ0) is 13.0. The molecule has 0 spiro atoms. The minimum absolute atomic E-state index is 0.0522. The summed E-state index contributed by atoms with van der Waals surface area (Å²) in [5.41, 5.74) is 1.41. The van der Waals surface area contributed by atoms with Gasteiger partial charge in [-0.25, -0.2) is 0 Å². The Balaban J connectivity index is 2.16. The van der Waals surface area contributed by atoms with Crippen LogP contribution in [0.2, 0.25) is 0 Å². The van der Waals surface area contributed by atoms with Crippen molar-refractivity contribution in [1.29, 1.82) is 5.26 Å². The normalized spacial score (nSPS) is 12.1. The fourth-order valence-electron chi connectivity index (χ4n) is 1.48. The number of ether oxygens (including phenoxy) is 1. The van der Waals surface area contributed by atoms with Crippen LogP contribution >= 0.6 is 0 Å². The molecule has 0 bridgehead atoms. The first-order valence-electron chi connectivity index (χ1n) is 5.59. The van der Waals surface area contributed by atoms with Gasteiger partial charge in [-0.1, -0.05) is 5.16 Å². The van der Waals surface area contributed by atoms with Crippen molar-refractivity contribution in [3.05, 3.63) is 35.7 Å². The van der Waals surface area contributed by atoms with Gasteiger partial charge < -0.3 is 9.26 Å². The molecule has 5 nitrogen and oxygen atoms in total. The smallest absolute Gasteiger partial charge is 0.257 e. The summed E-state index contributed by atoms with van der Waals surface area (Å²) in [5, 5.41) is 12.6. The van der Waals surface area contributed by atoms with E-state index in [2.05, 4.69) is 16.2 Å². The summed E-state index contributed by atoms with van der Waals surface area (Å²) in [6.07, 6.45) is 0.660. The van der Waals surface area contributed by atoms with E-state index in [1.807, 2.05) is 6.92 Å². The average molecular weight is 243 g/mol. The van der Waals surface area contributed by atoms with Crippen molar-refractivity contribution < 1.29 is 9.26 Å². The molecule has 18 heavy (non-hydrogen) atoms. The minimum Gasteiger partial charge on any atom is -0.381 e. The van der Waals surface area contributed by atoms with Crippen LogP contribution in [0, 0.1) is 11.3 Å². The van der Waals surface area contributed by atoms with Crippen molar-refractivity contribution >= 4 is 0 Å².